The minimum atomic E-state index is -0.608. The van der Waals surface area contributed by atoms with Gasteiger partial charge in [0.05, 0.1) is 10.6 Å². The lowest BCUT2D eigenvalue weighted by Gasteiger charge is -2.39. The molecular formula is C19H17Cl3N2O2. The first-order valence-electron chi connectivity index (χ1n) is 8.13. The molecule has 7 heteroatoms. The lowest BCUT2D eigenvalue weighted by molar-refractivity contribution is -0.124. The van der Waals surface area contributed by atoms with E-state index >= 15 is 0 Å². The number of anilines is 1. The third-order valence-electron chi connectivity index (χ3n) is 4.54. The van der Waals surface area contributed by atoms with Crippen molar-refractivity contribution in [1.82, 2.24) is 4.90 Å². The van der Waals surface area contributed by atoms with E-state index in [0.29, 0.717) is 28.7 Å². The van der Waals surface area contributed by atoms with Crippen molar-refractivity contribution in [2.75, 3.05) is 18.0 Å². The Morgan fingerprint density at radius 3 is 2.42 bits per heavy atom. The maximum Gasteiger partial charge on any atom is 0.256 e. The van der Waals surface area contributed by atoms with Crippen molar-refractivity contribution in [1.29, 1.82) is 0 Å². The highest BCUT2D eigenvalue weighted by Crippen LogP contribution is 2.28. The molecule has 2 amide bonds. The third kappa shape index (κ3) is 3.54. The molecule has 1 aliphatic heterocycles. The van der Waals surface area contributed by atoms with Gasteiger partial charge in [-0.2, -0.15) is 0 Å². The van der Waals surface area contributed by atoms with Gasteiger partial charge in [0, 0.05) is 28.8 Å². The largest absolute Gasteiger partial charge is 0.325 e. The third-order valence-corrected chi connectivity index (χ3v) is 5.50. The first-order valence-corrected chi connectivity index (χ1v) is 9.26. The monoisotopic (exact) mass is 410 g/mol. The van der Waals surface area contributed by atoms with E-state index in [9.17, 15) is 9.59 Å². The van der Waals surface area contributed by atoms with Crippen LogP contribution >= 0.6 is 34.8 Å². The van der Waals surface area contributed by atoms with E-state index < -0.39 is 6.04 Å². The van der Waals surface area contributed by atoms with Gasteiger partial charge >= 0.3 is 0 Å². The zero-order chi connectivity index (χ0) is 19.0. The highest BCUT2D eigenvalue weighted by molar-refractivity contribution is 6.36. The fourth-order valence-corrected chi connectivity index (χ4v) is 3.64. The van der Waals surface area contributed by atoms with Crippen molar-refractivity contribution in [3.63, 3.8) is 0 Å². The van der Waals surface area contributed by atoms with Gasteiger partial charge in [-0.1, -0.05) is 40.9 Å². The molecule has 1 atom stereocenters. The molecule has 0 radical (unpaired) electrons. The summed E-state index contributed by atoms with van der Waals surface area (Å²) in [5.41, 5.74) is 2.01. The van der Waals surface area contributed by atoms with Crippen LogP contribution in [0.25, 0.3) is 0 Å². The van der Waals surface area contributed by atoms with E-state index in [4.69, 9.17) is 34.8 Å². The first kappa shape index (κ1) is 19.0. The van der Waals surface area contributed by atoms with E-state index in [1.165, 1.54) is 11.0 Å². The number of benzene rings is 2. The standard InChI is InChI=1S/C19H17Cl3N2O2/c1-11-3-5-14(10-16(11)21)24-8-7-23(12(2)18(24)25)19(26)15-6-4-13(20)9-17(15)22/h3-6,9-10,12H,7-8H2,1-2H3/t12-/m0/s1. The molecule has 2 aromatic carbocycles. The maximum atomic E-state index is 12.8. The number of piperazine rings is 1. The van der Waals surface area contributed by atoms with Gasteiger partial charge in [0.2, 0.25) is 5.91 Å². The molecule has 2 aromatic rings. The Morgan fingerprint density at radius 2 is 1.77 bits per heavy atom. The number of amides is 2. The van der Waals surface area contributed by atoms with Crippen molar-refractivity contribution in [2.24, 2.45) is 0 Å². The molecule has 0 aliphatic carbocycles. The van der Waals surface area contributed by atoms with Crippen LogP contribution in [0.3, 0.4) is 0 Å². The molecule has 4 nitrogen and oxygen atoms in total. The summed E-state index contributed by atoms with van der Waals surface area (Å²) in [6.07, 6.45) is 0. The average molecular weight is 412 g/mol. The van der Waals surface area contributed by atoms with Crippen LogP contribution in [-0.4, -0.2) is 35.8 Å². The van der Waals surface area contributed by atoms with Crippen LogP contribution in [0.15, 0.2) is 36.4 Å². The summed E-state index contributed by atoms with van der Waals surface area (Å²) >= 11 is 18.2. The van der Waals surface area contributed by atoms with Crippen molar-refractivity contribution in [3.05, 3.63) is 62.6 Å². The van der Waals surface area contributed by atoms with Crippen LogP contribution in [0.5, 0.6) is 0 Å². The SMILES string of the molecule is Cc1ccc(N2CCN(C(=O)c3ccc(Cl)cc3Cl)[C@@H](C)C2=O)cc1Cl. The molecule has 3 rings (SSSR count). The maximum absolute atomic E-state index is 12.8. The summed E-state index contributed by atoms with van der Waals surface area (Å²) in [6.45, 7) is 4.41. The van der Waals surface area contributed by atoms with Gasteiger partial charge < -0.3 is 9.80 Å². The molecule has 136 valence electrons. The smallest absolute Gasteiger partial charge is 0.256 e. The van der Waals surface area contributed by atoms with E-state index in [2.05, 4.69) is 0 Å². The number of carbonyl (C=O) groups excluding carboxylic acids is 2. The van der Waals surface area contributed by atoms with Crippen LogP contribution < -0.4 is 4.90 Å². The second-order valence-electron chi connectivity index (χ2n) is 6.22. The minimum Gasteiger partial charge on any atom is -0.325 e. The van der Waals surface area contributed by atoms with Crippen LogP contribution in [0.1, 0.15) is 22.8 Å². The van der Waals surface area contributed by atoms with Gasteiger partial charge in [0.15, 0.2) is 0 Å². The van der Waals surface area contributed by atoms with Crippen LogP contribution in [0, 0.1) is 6.92 Å². The van der Waals surface area contributed by atoms with Crippen molar-refractivity contribution in [3.8, 4) is 0 Å². The topological polar surface area (TPSA) is 40.6 Å². The Morgan fingerprint density at radius 1 is 1.04 bits per heavy atom. The van der Waals surface area contributed by atoms with Gasteiger partial charge in [-0.3, -0.25) is 9.59 Å². The fraction of sp³-hybridized carbons (Fsp3) is 0.263. The highest BCUT2D eigenvalue weighted by atomic mass is 35.5. The Balaban J connectivity index is 1.83. The van der Waals surface area contributed by atoms with Gasteiger partial charge in [0.25, 0.3) is 5.91 Å². The predicted octanol–water partition coefficient (Wildman–Crippen LogP) is 4.83. The summed E-state index contributed by atoms with van der Waals surface area (Å²) < 4.78 is 0. The number of hydrogen-bond donors (Lipinski definition) is 0. The van der Waals surface area contributed by atoms with Gasteiger partial charge in [-0.25, -0.2) is 0 Å². The van der Waals surface area contributed by atoms with Crippen LogP contribution in [0.4, 0.5) is 5.69 Å². The molecular weight excluding hydrogens is 395 g/mol. The van der Waals surface area contributed by atoms with Gasteiger partial charge in [0.1, 0.15) is 6.04 Å². The number of nitrogens with zero attached hydrogens (tertiary/aromatic N) is 2. The number of hydrogen-bond acceptors (Lipinski definition) is 2. The summed E-state index contributed by atoms with van der Waals surface area (Å²) in [4.78, 5) is 28.9. The fourth-order valence-electron chi connectivity index (χ4n) is 2.97. The van der Waals surface area contributed by atoms with Gasteiger partial charge in [-0.05, 0) is 49.7 Å². The number of rotatable bonds is 2. The zero-order valence-corrected chi connectivity index (χ0v) is 16.6. The molecule has 0 unspecified atom stereocenters. The van der Waals surface area contributed by atoms with E-state index in [1.54, 1.807) is 30.0 Å². The van der Waals surface area contributed by atoms with Crippen molar-refractivity contribution in [2.45, 2.75) is 19.9 Å². The molecule has 1 fully saturated rings. The average Bonchev–Trinajstić information content (AvgIpc) is 2.59. The second kappa shape index (κ2) is 7.47. The quantitative estimate of drug-likeness (QED) is 0.710. The molecule has 1 saturated heterocycles. The predicted molar refractivity (Wildman–Crippen MR) is 106 cm³/mol. The Labute approximate surface area is 167 Å². The minimum absolute atomic E-state index is 0.158. The highest BCUT2D eigenvalue weighted by Gasteiger charge is 2.36. The zero-order valence-electron chi connectivity index (χ0n) is 14.3. The molecule has 0 bridgehead atoms. The second-order valence-corrected chi connectivity index (χ2v) is 7.47. The lowest BCUT2D eigenvalue weighted by Crippen LogP contribution is -2.57. The molecule has 0 spiro atoms. The van der Waals surface area contributed by atoms with Crippen LogP contribution in [0.2, 0.25) is 15.1 Å². The number of aryl methyl sites for hydroxylation is 1. The molecule has 26 heavy (non-hydrogen) atoms. The summed E-state index contributed by atoms with van der Waals surface area (Å²) in [7, 11) is 0. The molecule has 1 heterocycles. The molecule has 0 N–H and O–H groups in total. The number of halogens is 3. The normalized spacial score (nSPS) is 17.6. The lowest BCUT2D eigenvalue weighted by atomic mass is 10.1. The summed E-state index contributed by atoms with van der Waals surface area (Å²) in [5.74, 6) is -0.441. The number of carbonyl (C=O) groups is 2. The Hall–Kier alpha value is -1.75. The van der Waals surface area contributed by atoms with E-state index in [1.807, 2.05) is 19.1 Å². The molecule has 0 saturated carbocycles. The Bertz CT molecular complexity index is 885. The van der Waals surface area contributed by atoms with Gasteiger partial charge in [-0.15, -0.1) is 0 Å². The van der Waals surface area contributed by atoms with Crippen LogP contribution in [-0.2, 0) is 4.79 Å². The van der Waals surface area contributed by atoms with Crippen molar-refractivity contribution < 1.29 is 9.59 Å². The summed E-state index contributed by atoms with van der Waals surface area (Å²) in [6, 6.07) is 9.61. The molecule has 1 aliphatic rings. The first-order chi connectivity index (χ1) is 12.3. The Kier molecular flexibility index (Phi) is 5.47. The van der Waals surface area contributed by atoms with E-state index in [0.717, 1.165) is 11.3 Å². The summed E-state index contributed by atoms with van der Waals surface area (Å²) in [5, 5.41) is 1.33. The molecule has 0 aromatic heterocycles. The van der Waals surface area contributed by atoms with Crippen molar-refractivity contribution >= 4 is 52.3 Å². The van der Waals surface area contributed by atoms with E-state index in [-0.39, 0.29) is 16.8 Å².